The molecule has 0 radical (unpaired) electrons. The molecule has 2 aromatic rings. The number of ether oxygens (including phenoxy) is 1. The average molecular weight is 482 g/mol. The van der Waals surface area contributed by atoms with Crippen LogP contribution in [0.1, 0.15) is 37.8 Å². The molecule has 2 rings (SSSR count). The van der Waals surface area contributed by atoms with E-state index in [1.807, 2.05) is 36.4 Å². The van der Waals surface area contributed by atoms with E-state index in [4.69, 9.17) is 16.3 Å². The molecule has 2 amide bonds. The Hall–Kier alpha value is -2.05. The second kappa shape index (κ2) is 10.6. The molecule has 7 heteroatoms. The van der Waals surface area contributed by atoms with E-state index in [1.165, 1.54) is 10.5 Å². The average Bonchev–Trinajstić information content (AvgIpc) is 2.70. The number of rotatable bonds is 8. The van der Waals surface area contributed by atoms with Crippen LogP contribution in [-0.4, -0.2) is 36.4 Å². The highest BCUT2D eigenvalue weighted by Gasteiger charge is 2.26. The number of hydrogen-bond donors (Lipinski definition) is 1. The number of amides is 2. The molecule has 0 saturated heterocycles. The number of benzene rings is 2. The van der Waals surface area contributed by atoms with Crippen molar-refractivity contribution >= 4 is 39.3 Å². The summed E-state index contributed by atoms with van der Waals surface area (Å²) in [5.74, 6) is 0.406. The van der Waals surface area contributed by atoms with Gasteiger partial charge in [-0.2, -0.15) is 0 Å². The van der Waals surface area contributed by atoms with Crippen molar-refractivity contribution in [1.82, 2.24) is 10.2 Å². The Bertz CT molecular complexity index is 873. The Labute approximate surface area is 185 Å². The molecule has 0 saturated carbocycles. The van der Waals surface area contributed by atoms with E-state index in [1.54, 1.807) is 20.0 Å². The standard InChI is InChI=1S/C22H26BrClN2O3/c1-14(2)16-9-10-20(18(23)11-16)29-13-21(27)26(15(3)22(28)25-4)12-17-7-5-6-8-19(17)24/h5-11,14-15H,12-13H2,1-4H3,(H,25,28). The summed E-state index contributed by atoms with van der Waals surface area (Å²) < 4.78 is 6.53. The maximum atomic E-state index is 12.9. The highest BCUT2D eigenvalue weighted by Crippen LogP contribution is 2.29. The summed E-state index contributed by atoms with van der Waals surface area (Å²) in [5.41, 5.74) is 1.94. The van der Waals surface area contributed by atoms with E-state index >= 15 is 0 Å². The summed E-state index contributed by atoms with van der Waals surface area (Å²) in [5, 5.41) is 3.13. The van der Waals surface area contributed by atoms with Crippen LogP contribution in [-0.2, 0) is 16.1 Å². The first-order valence-corrected chi connectivity index (χ1v) is 10.6. The van der Waals surface area contributed by atoms with Crippen LogP contribution in [0, 0.1) is 0 Å². The zero-order valence-electron chi connectivity index (χ0n) is 17.0. The van der Waals surface area contributed by atoms with Gasteiger partial charge in [0.15, 0.2) is 6.61 Å². The predicted molar refractivity (Wildman–Crippen MR) is 119 cm³/mol. The summed E-state index contributed by atoms with van der Waals surface area (Å²) in [7, 11) is 1.54. The van der Waals surface area contributed by atoms with Crippen molar-refractivity contribution in [3.8, 4) is 5.75 Å². The number of carbonyl (C=O) groups is 2. The maximum absolute atomic E-state index is 12.9. The lowest BCUT2D eigenvalue weighted by atomic mass is 10.0. The monoisotopic (exact) mass is 480 g/mol. The topological polar surface area (TPSA) is 58.6 Å². The third kappa shape index (κ3) is 6.21. The smallest absolute Gasteiger partial charge is 0.261 e. The molecule has 0 aliphatic carbocycles. The summed E-state index contributed by atoms with van der Waals surface area (Å²) in [6, 6.07) is 12.4. The summed E-state index contributed by atoms with van der Waals surface area (Å²) in [6.45, 7) is 5.92. The lowest BCUT2D eigenvalue weighted by Gasteiger charge is -2.28. The molecule has 0 aliphatic heterocycles. The van der Waals surface area contributed by atoms with Gasteiger partial charge in [-0.25, -0.2) is 0 Å². The Morgan fingerprint density at radius 1 is 1.17 bits per heavy atom. The molecule has 1 atom stereocenters. The first-order valence-electron chi connectivity index (χ1n) is 9.41. The lowest BCUT2D eigenvalue weighted by molar-refractivity contribution is -0.142. The van der Waals surface area contributed by atoms with Crippen LogP contribution in [0.25, 0.3) is 0 Å². The molecular formula is C22H26BrClN2O3. The van der Waals surface area contributed by atoms with E-state index in [0.717, 1.165) is 10.0 Å². The molecular weight excluding hydrogens is 456 g/mol. The van der Waals surface area contributed by atoms with Gasteiger partial charge in [-0.1, -0.05) is 49.7 Å². The SMILES string of the molecule is CNC(=O)C(C)N(Cc1ccccc1Cl)C(=O)COc1ccc(C(C)C)cc1Br. The number of carbonyl (C=O) groups excluding carboxylic acids is 2. The van der Waals surface area contributed by atoms with E-state index in [2.05, 4.69) is 35.1 Å². The molecule has 0 aliphatic rings. The van der Waals surface area contributed by atoms with Crippen LogP contribution >= 0.6 is 27.5 Å². The predicted octanol–water partition coefficient (Wildman–Crippen LogP) is 4.77. The minimum atomic E-state index is -0.667. The minimum Gasteiger partial charge on any atom is -0.483 e. The molecule has 1 N–H and O–H groups in total. The summed E-state index contributed by atoms with van der Waals surface area (Å²) in [4.78, 5) is 26.6. The van der Waals surface area contributed by atoms with Crippen LogP contribution in [0.15, 0.2) is 46.9 Å². The van der Waals surface area contributed by atoms with Crippen LogP contribution in [0.2, 0.25) is 5.02 Å². The fourth-order valence-corrected chi connectivity index (χ4v) is 3.52. The zero-order chi connectivity index (χ0) is 21.6. The van der Waals surface area contributed by atoms with Crippen LogP contribution in [0.5, 0.6) is 5.75 Å². The van der Waals surface area contributed by atoms with Crippen molar-refractivity contribution in [1.29, 1.82) is 0 Å². The summed E-state index contributed by atoms with van der Waals surface area (Å²) >= 11 is 9.75. The third-order valence-corrected chi connectivity index (χ3v) is 5.67. The molecule has 29 heavy (non-hydrogen) atoms. The van der Waals surface area contributed by atoms with Crippen LogP contribution < -0.4 is 10.1 Å². The lowest BCUT2D eigenvalue weighted by Crippen LogP contribution is -2.48. The van der Waals surface area contributed by atoms with Gasteiger partial charge < -0.3 is 15.0 Å². The fraction of sp³-hybridized carbons (Fsp3) is 0.364. The van der Waals surface area contributed by atoms with E-state index in [0.29, 0.717) is 16.7 Å². The quantitative estimate of drug-likeness (QED) is 0.591. The number of nitrogens with one attached hydrogen (secondary N) is 1. The first-order chi connectivity index (χ1) is 13.7. The third-order valence-electron chi connectivity index (χ3n) is 4.69. The Morgan fingerprint density at radius 3 is 2.45 bits per heavy atom. The molecule has 2 aromatic carbocycles. The molecule has 0 spiro atoms. The van der Waals surface area contributed by atoms with Crippen LogP contribution in [0.4, 0.5) is 0 Å². The number of nitrogens with zero attached hydrogens (tertiary/aromatic N) is 1. The Kier molecular flexibility index (Phi) is 8.53. The molecule has 0 bridgehead atoms. The van der Waals surface area contributed by atoms with E-state index in [-0.39, 0.29) is 25.0 Å². The van der Waals surface area contributed by atoms with Crippen LogP contribution in [0.3, 0.4) is 0 Å². The van der Waals surface area contributed by atoms with Crippen molar-refractivity contribution in [3.63, 3.8) is 0 Å². The Balaban J connectivity index is 2.17. The molecule has 0 heterocycles. The van der Waals surface area contributed by atoms with Gasteiger partial charge in [0.05, 0.1) is 4.47 Å². The van der Waals surface area contributed by atoms with Gasteiger partial charge in [-0.05, 0) is 58.1 Å². The van der Waals surface area contributed by atoms with Gasteiger partial charge in [-0.3, -0.25) is 9.59 Å². The molecule has 156 valence electrons. The zero-order valence-corrected chi connectivity index (χ0v) is 19.4. The molecule has 5 nitrogen and oxygen atoms in total. The number of likely N-dealkylation sites (N-methyl/N-ethyl adjacent to an activating group) is 1. The summed E-state index contributed by atoms with van der Waals surface area (Å²) in [6.07, 6.45) is 0. The number of halogens is 2. The normalized spacial score (nSPS) is 11.8. The van der Waals surface area contributed by atoms with Gasteiger partial charge in [0.2, 0.25) is 5.91 Å². The van der Waals surface area contributed by atoms with Gasteiger partial charge in [0.1, 0.15) is 11.8 Å². The fourth-order valence-electron chi connectivity index (χ4n) is 2.82. The van der Waals surface area contributed by atoms with Crippen molar-refractivity contribution in [2.24, 2.45) is 0 Å². The van der Waals surface area contributed by atoms with Crippen molar-refractivity contribution in [2.45, 2.75) is 39.3 Å². The van der Waals surface area contributed by atoms with E-state index < -0.39 is 6.04 Å². The number of hydrogen-bond acceptors (Lipinski definition) is 3. The van der Waals surface area contributed by atoms with Crippen molar-refractivity contribution < 1.29 is 14.3 Å². The van der Waals surface area contributed by atoms with Gasteiger partial charge >= 0.3 is 0 Å². The van der Waals surface area contributed by atoms with Gasteiger partial charge in [-0.15, -0.1) is 0 Å². The molecule has 0 fully saturated rings. The van der Waals surface area contributed by atoms with Gasteiger partial charge in [0, 0.05) is 18.6 Å². The second-order valence-electron chi connectivity index (χ2n) is 7.04. The highest BCUT2D eigenvalue weighted by atomic mass is 79.9. The highest BCUT2D eigenvalue weighted by molar-refractivity contribution is 9.10. The first kappa shape index (κ1) is 23.2. The maximum Gasteiger partial charge on any atom is 0.261 e. The van der Waals surface area contributed by atoms with E-state index in [9.17, 15) is 9.59 Å². The molecule has 1 unspecified atom stereocenters. The molecule has 0 aromatic heterocycles. The van der Waals surface area contributed by atoms with Crippen molar-refractivity contribution in [3.05, 3.63) is 63.1 Å². The minimum absolute atomic E-state index is 0.189. The second-order valence-corrected chi connectivity index (χ2v) is 8.30. The largest absolute Gasteiger partial charge is 0.483 e. The Morgan fingerprint density at radius 2 is 1.86 bits per heavy atom. The van der Waals surface area contributed by atoms with Crippen molar-refractivity contribution in [2.75, 3.05) is 13.7 Å². The van der Waals surface area contributed by atoms with Gasteiger partial charge in [0.25, 0.3) is 5.91 Å².